The highest BCUT2D eigenvalue weighted by atomic mass is 35.5. The fourth-order valence-electron chi connectivity index (χ4n) is 3.23. The van der Waals surface area contributed by atoms with Gasteiger partial charge in [-0.15, -0.1) is 0 Å². The fraction of sp³-hybridized carbons (Fsp3) is 0.467. The molecule has 7 heteroatoms. The van der Waals surface area contributed by atoms with Gasteiger partial charge in [0.15, 0.2) is 0 Å². The van der Waals surface area contributed by atoms with E-state index in [4.69, 9.17) is 28.9 Å². The van der Waals surface area contributed by atoms with Crippen molar-refractivity contribution in [3.8, 4) is 0 Å². The lowest BCUT2D eigenvalue weighted by molar-refractivity contribution is -0.134. The van der Waals surface area contributed by atoms with Gasteiger partial charge in [0.1, 0.15) is 0 Å². The van der Waals surface area contributed by atoms with Crippen LogP contribution in [-0.2, 0) is 15.0 Å². The number of carbonyl (C=O) groups excluding carboxylic acids is 2. The first kappa shape index (κ1) is 15.6. The van der Waals surface area contributed by atoms with Crippen LogP contribution < -0.4 is 11.1 Å². The monoisotopic (exact) mass is 341 g/mol. The summed E-state index contributed by atoms with van der Waals surface area (Å²) in [7, 11) is 0. The van der Waals surface area contributed by atoms with Crippen LogP contribution in [0.3, 0.4) is 0 Å². The summed E-state index contributed by atoms with van der Waals surface area (Å²) < 4.78 is 0. The van der Waals surface area contributed by atoms with Gasteiger partial charge in [0.2, 0.25) is 11.8 Å². The van der Waals surface area contributed by atoms with Crippen LogP contribution in [0.4, 0.5) is 5.69 Å². The Labute approximate surface area is 138 Å². The van der Waals surface area contributed by atoms with Gasteiger partial charge >= 0.3 is 0 Å². The Morgan fingerprint density at radius 3 is 2.82 bits per heavy atom. The average molecular weight is 342 g/mol. The topological polar surface area (TPSA) is 75.4 Å². The Morgan fingerprint density at radius 2 is 2.14 bits per heavy atom. The molecule has 2 aliphatic heterocycles. The van der Waals surface area contributed by atoms with E-state index >= 15 is 0 Å². The van der Waals surface area contributed by atoms with Gasteiger partial charge in [-0.05, 0) is 24.1 Å². The van der Waals surface area contributed by atoms with Gasteiger partial charge in [-0.2, -0.15) is 0 Å². The SMILES string of the molecule is C[C@@H](CN)C(=O)N1CC[C@]2(C1)C(=O)Nc1cc(Cl)c(Cl)cc12. The second kappa shape index (κ2) is 5.41. The minimum Gasteiger partial charge on any atom is -0.341 e. The summed E-state index contributed by atoms with van der Waals surface area (Å²) >= 11 is 12.1. The predicted molar refractivity (Wildman–Crippen MR) is 86.2 cm³/mol. The number of hydrogen-bond acceptors (Lipinski definition) is 3. The van der Waals surface area contributed by atoms with E-state index in [0.717, 1.165) is 5.56 Å². The molecule has 2 heterocycles. The van der Waals surface area contributed by atoms with Crippen LogP contribution >= 0.6 is 23.2 Å². The first-order chi connectivity index (χ1) is 10.4. The van der Waals surface area contributed by atoms with Crippen molar-refractivity contribution in [1.29, 1.82) is 0 Å². The third-order valence-corrected chi connectivity index (χ3v) is 5.34. The Bertz CT molecular complexity index is 664. The van der Waals surface area contributed by atoms with Crippen molar-refractivity contribution in [2.24, 2.45) is 11.7 Å². The number of carbonyl (C=O) groups is 2. The van der Waals surface area contributed by atoms with Crippen LogP contribution in [0.1, 0.15) is 18.9 Å². The standard InChI is InChI=1S/C15H17Cl2N3O2/c1-8(6-18)13(21)20-3-2-15(7-20)9-4-10(16)11(17)5-12(9)19-14(15)22/h4-5,8H,2-3,6-7,18H2,1H3,(H,19,22)/t8-,15+/m0/s1. The quantitative estimate of drug-likeness (QED) is 0.863. The molecular weight excluding hydrogens is 325 g/mol. The lowest BCUT2D eigenvalue weighted by atomic mass is 9.81. The number of hydrogen-bond donors (Lipinski definition) is 2. The summed E-state index contributed by atoms with van der Waals surface area (Å²) in [5, 5.41) is 3.67. The maximum Gasteiger partial charge on any atom is 0.237 e. The number of nitrogens with two attached hydrogens (primary N) is 1. The van der Waals surface area contributed by atoms with Gasteiger partial charge in [-0.3, -0.25) is 9.59 Å². The Hall–Kier alpha value is -1.30. The van der Waals surface area contributed by atoms with Gasteiger partial charge in [-0.1, -0.05) is 30.1 Å². The first-order valence-electron chi connectivity index (χ1n) is 7.19. The molecule has 0 aromatic heterocycles. The number of nitrogens with one attached hydrogen (secondary N) is 1. The maximum absolute atomic E-state index is 12.5. The largest absolute Gasteiger partial charge is 0.341 e. The lowest BCUT2D eigenvalue weighted by Gasteiger charge is -2.24. The molecule has 2 amide bonds. The number of anilines is 1. The molecule has 0 saturated carbocycles. The van der Waals surface area contributed by atoms with Crippen molar-refractivity contribution in [1.82, 2.24) is 4.90 Å². The van der Waals surface area contributed by atoms with Crippen molar-refractivity contribution in [3.63, 3.8) is 0 Å². The van der Waals surface area contributed by atoms with E-state index < -0.39 is 5.41 Å². The second-order valence-corrected chi connectivity index (χ2v) is 6.81. The van der Waals surface area contributed by atoms with E-state index in [1.165, 1.54) is 0 Å². The molecule has 0 unspecified atom stereocenters. The minimum atomic E-state index is -0.729. The van der Waals surface area contributed by atoms with Crippen molar-refractivity contribution >= 4 is 40.7 Å². The molecule has 5 nitrogen and oxygen atoms in total. The molecule has 3 rings (SSSR count). The first-order valence-corrected chi connectivity index (χ1v) is 7.94. The molecule has 118 valence electrons. The average Bonchev–Trinajstić information content (AvgIpc) is 3.04. The zero-order valence-electron chi connectivity index (χ0n) is 12.2. The molecule has 2 aliphatic rings. The minimum absolute atomic E-state index is 0.0133. The van der Waals surface area contributed by atoms with Crippen LogP contribution in [0, 0.1) is 5.92 Å². The third kappa shape index (κ3) is 2.19. The number of benzene rings is 1. The lowest BCUT2D eigenvalue weighted by Crippen LogP contribution is -2.41. The van der Waals surface area contributed by atoms with Crippen LogP contribution in [0.2, 0.25) is 10.0 Å². The molecule has 1 aromatic carbocycles. The second-order valence-electron chi connectivity index (χ2n) is 5.99. The van der Waals surface area contributed by atoms with Crippen molar-refractivity contribution < 1.29 is 9.59 Å². The number of likely N-dealkylation sites (tertiary alicyclic amines) is 1. The molecule has 0 aliphatic carbocycles. The van der Waals surface area contributed by atoms with E-state index in [1.54, 1.807) is 24.0 Å². The molecule has 0 radical (unpaired) electrons. The molecular formula is C15H17Cl2N3O2. The zero-order chi connectivity index (χ0) is 16.1. The maximum atomic E-state index is 12.5. The van der Waals surface area contributed by atoms with Crippen LogP contribution in [0.5, 0.6) is 0 Å². The molecule has 3 N–H and O–H groups in total. The highest BCUT2D eigenvalue weighted by Crippen LogP contribution is 2.46. The molecule has 1 spiro atoms. The van der Waals surface area contributed by atoms with Gasteiger partial charge < -0.3 is 16.0 Å². The number of nitrogens with zero attached hydrogens (tertiary/aromatic N) is 1. The summed E-state index contributed by atoms with van der Waals surface area (Å²) in [6, 6.07) is 3.40. The highest BCUT2D eigenvalue weighted by molar-refractivity contribution is 6.42. The predicted octanol–water partition coefficient (Wildman–Crippen LogP) is 2.01. The fourth-order valence-corrected chi connectivity index (χ4v) is 3.55. The van der Waals surface area contributed by atoms with E-state index in [0.29, 0.717) is 41.8 Å². The molecule has 1 fully saturated rings. The summed E-state index contributed by atoms with van der Waals surface area (Å²) in [4.78, 5) is 26.6. The van der Waals surface area contributed by atoms with Gasteiger partial charge in [0.05, 0.1) is 15.5 Å². The number of amides is 2. The van der Waals surface area contributed by atoms with Gasteiger partial charge in [0.25, 0.3) is 0 Å². The number of fused-ring (bicyclic) bond motifs is 2. The van der Waals surface area contributed by atoms with E-state index in [-0.39, 0.29) is 17.7 Å². The zero-order valence-corrected chi connectivity index (χ0v) is 13.7. The highest BCUT2D eigenvalue weighted by Gasteiger charge is 2.52. The van der Waals surface area contributed by atoms with Crippen LogP contribution in [0.25, 0.3) is 0 Å². The molecule has 0 bridgehead atoms. The Balaban J connectivity index is 1.95. The summed E-state index contributed by atoms with van der Waals surface area (Å²) in [5.41, 5.74) is 6.34. The molecule has 22 heavy (non-hydrogen) atoms. The van der Waals surface area contributed by atoms with Crippen molar-refractivity contribution in [2.45, 2.75) is 18.8 Å². The summed E-state index contributed by atoms with van der Waals surface area (Å²) in [6.45, 7) is 2.99. The molecule has 1 aromatic rings. The van der Waals surface area contributed by atoms with Gasteiger partial charge in [0, 0.05) is 31.2 Å². The third-order valence-electron chi connectivity index (χ3n) is 4.61. The number of halogens is 2. The van der Waals surface area contributed by atoms with Gasteiger partial charge in [-0.25, -0.2) is 0 Å². The molecule has 2 atom stereocenters. The normalized spacial score (nSPS) is 24.5. The van der Waals surface area contributed by atoms with Crippen LogP contribution in [0.15, 0.2) is 12.1 Å². The van der Waals surface area contributed by atoms with E-state index in [1.807, 2.05) is 0 Å². The summed E-state index contributed by atoms with van der Waals surface area (Å²) in [6.07, 6.45) is 0.576. The number of rotatable bonds is 2. The summed E-state index contributed by atoms with van der Waals surface area (Å²) in [5.74, 6) is -0.356. The van der Waals surface area contributed by atoms with E-state index in [9.17, 15) is 9.59 Å². The van der Waals surface area contributed by atoms with Crippen molar-refractivity contribution in [2.75, 3.05) is 25.0 Å². The Kier molecular flexibility index (Phi) is 3.83. The van der Waals surface area contributed by atoms with Crippen molar-refractivity contribution in [3.05, 3.63) is 27.7 Å². The molecule has 1 saturated heterocycles. The van der Waals surface area contributed by atoms with Crippen LogP contribution in [-0.4, -0.2) is 36.3 Å². The Morgan fingerprint density at radius 1 is 1.45 bits per heavy atom. The smallest absolute Gasteiger partial charge is 0.237 e. The van der Waals surface area contributed by atoms with E-state index in [2.05, 4.69) is 5.32 Å².